The Morgan fingerprint density at radius 2 is 2.24 bits per heavy atom. The lowest BCUT2D eigenvalue weighted by atomic mass is 10.4. The summed E-state index contributed by atoms with van der Waals surface area (Å²) in [6, 6.07) is 0. The van der Waals surface area contributed by atoms with Gasteiger partial charge in [0.1, 0.15) is 0 Å². The minimum Gasteiger partial charge on any atom is -0.351 e. The van der Waals surface area contributed by atoms with Gasteiger partial charge >= 0.3 is 0 Å². The third kappa shape index (κ3) is 3.68. The Balaban J connectivity index is 1.91. The van der Waals surface area contributed by atoms with Crippen molar-refractivity contribution in [1.82, 2.24) is 10.3 Å². The highest BCUT2D eigenvalue weighted by Crippen LogP contribution is 2.32. The van der Waals surface area contributed by atoms with Crippen LogP contribution >= 0.6 is 11.3 Å². The summed E-state index contributed by atoms with van der Waals surface area (Å²) in [6.45, 7) is 7.54. The lowest BCUT2D eigenvalue weighted by Gasteiger charge is -2.14. The van der Waals surface area contributed by atoms with Crippen molar-refractivity contribution in [3.05, 3.63) is 10.6 Å². The first-order valence-electron chi connectivity index (χ1n) is 6.59. The average Bonchev–Trinajstić information content (AvgIpc) is 3.03. The van der Waals surface area contributed by atoms with Crippen LogP contribution in [0.5, 0.6) is 0 Å². The first kappa shape index (κ1) is 12.8. The van der Waals surface area contributed by atoms with Gasteiger partial charge in [-0.05, 0) is 38.6 Å². The van der Waals surface area contributed by atoms with Gasteiger partial charge in [0, 0.05) is 25.0 Å². The fourth-order valence-electron chi connectivity index (χ4n) is 1.88. The second-order valence-corrected chi connectivity index (χ2v) is 6.07. The van der Waals surface area contributed by atoms with E-state index in [4.69, 9.17) is 0 Å². The normalized spacial score (nSPS) is 15.2. The average molecular weight is 253 g/mol. The van der Waals surface area contributed by atoms with E-state index in [1.165, 1.54) is 41.5 Å². The summed E-state index contributed by atoms with van der Waals surface area (Å²) < 4.78 is 0. The number of nitrogens with one attached hydrogen (secondary N) is 1. The van der Waals surface area contributed by atoms with Crippen molar-refractivity contribution in [1.29, 1.82) is 0 Å². The number of anilines is 1. The molecule has 0 saturated heterocycles. The maximum Gasteiger partial charge on any atom is 0.185 e. The largest absolute Gasteiger partial charge is 0.351 e. The van der Waals surface area contributed by atoms with Gasteiger partial charge in [0.2, 0.25) is 0 Å². The molecule has 1 aliphatic rings. The Morgan fingerprint density at radius 3 is 2.88 bits per heavy atom. The molecule has 1 aromatic heterocycles. The first-order valence-corrected chi connectivity index (χ1v) is 7.40. The Labute approximate surface area is 108 Å². The standard InChI is InChI=1S/C13H23N3S/c1-4-7-14-8-12-10(2)15-13(17-12)16(3)9-11-5-6-11/h11,14H,4-9H2,1-3H3. The molecule has 1 heterocycles. The van der Waals surface area contributed by atoms with Gasteiger partial charge in [0.25, 0.3) is 0 Å². The van der Waals surface area contributed by atoms with Crippen molar-refractivity contribution in [2.45, 2.75) is 39.7 Å². The molecule has 0 amide bonds. The number of nitrogens with zero attached hydrogens (tertiary/aromatic N) is 2. The van der Waals surface area contributed by atoms with Crippen molar-refractivity contribution in [3.8, 4) is 0 Å². The number of rotatable bonds is 7. The Hall–Kier alpha value is -0.610. The van der Waals surface area contributed by atoms with Crippen LogP contribution in [0.1, 0.15) is 36.8 Å². The van der Waals surface area contributed by atoms with Crippen LogP contribution in [0.3, 0.4) is 0 Å². The zero-order valence-corrected chi connectivity index (χ0v) is 11.9. The van der Waals surface area contributed by atoms with Crippen LogP contribution in [0.4, 0.5) is 5.13 Å². The van der Waals surface area contributed by atoms with E-state index in [9.17, 15) is 0 Å². The third-order valence-electron chi connectivity index (χ3n) is 3.15. The number of hydrogen-bond donors (Lipinski definition) is 1. The predicted molar refractivity (Wildman–Crippen MR) is 74.8 cm³/mol. The van der Waals surface area contributed by atoms with Gasteiger partial charge in [0.15, 0.2) is 5.13 Å². The molecule has 1 N–H and O–H groups in total. The smallest absolute Gasteiger partial charge is 0.185 e. The highest BCUT2D eigenvalue weighted by molar-refractivity contribution is 7.15. The summed E-state index contributed by atoms with van der Waals surface area (Å²) in [5, 5.41) is 4.63. The molecule has 17 heavy (non-hydrogen) atoms. The topological polar surface area (TPSA) is 28.2 Å². The molecule has 1 fully saturated rings. The monoisotopic (exact) mass is 253 g/mol. The molecule has 0 atom stereocenters. The van der Waals surface area contributed by atoms with Gasteiger partial charge in [-0.15, -0.1) is 11.3 Å². The molecule has 1 aliphatic carbocycles. The number of aryl methyl sites for hydroxylation is 1. The molecule has 0 spiro atoms. The third-order valence-corrected chi connectivity index (χ3v) is 4.42. The van der Waals surface area contributed by atoms with Gasteiger partial charge in [-0.25, -0.2) is 4.98 Å². The van der Waals surface area contributed by atoms with Crippen LogP contribution < -0.4 is 10.2 Å². The number of thiazole rings is 1. The molecule has 1 saturated carbocycles. The molecule has 96 valence electrons. The zero-order valence-electron chi connectivity index (χ0n) is 11.1. The van der Waals surface area contributed by atoms with Crippen LogP contribution in [0.15, 0.2) is 0 Å². The second kappa shape index (κ2) is 5.83. The Morgan fingerprint density at radius 1 is 1.47 bits per heavy atom. The van der Waals surface area contributed by atoms with Crippen LogP contribution in [-0.4, -0.2) is 25.1 Å². The Bertz CT molecular complexity index is 358. The van der Waals surface area contributed by atoms with Crippen molar-refractivity contribution in [2.24, 2.45) is 5.92 Å². The van der Waals surface area contributed by atoms with E-state index in [-0.39, 0.29) is 0 Å². The first-order chi connectivity index (χ1) is 8.20. The zero-order chi connectivity index (χ0) is 12.3. The van der Waals surface area contributed by atoms with E-state index in [0.29, 0.717) is 0 Å². The fraction of sp³-hybridized carbons (Fsp3) is 0.769. The quantitative estimate of drug-likeness (QED) is 0.757. The van der Waals surface area contributed by atoms with Crippen molar-refractivity contribution in [2.75, 3.05) is 25.0 Å². The van der Waals surface area contributed by atoms with E-state index in [1.54, 1.807) is 0 Å². The summed E-state index contributed by atoms with van der Waals surface area (Å²) in [6.07, 6.45) is 3.99. The minimum atomic E-state index is 0.922. The number of aromatic nitrogens is 1. The molecule has 0 radical (unpaired) electrons. The molecule has 4 heteroatoms. The molecule has 3 nitrogen and oxygen atoms in total. The summed E-state index contributed by atoms with van der Waals surface area (Å²) in [5.41, 5.74) is 1.19. The number of hydrogen-bond acceptors (Lipinski definition) is 4. The molecule has 0 aromatic carbocycles. The summed E-state index contributed by atoms with van der Waals surface area (Å²) >= 11 is 1.84. The van der Waals surface area contributed by atoms with E-state index in [2.05, 4.69) is 36.1 Å². The second-order valence-electron chi connectivity index (χ2n) is 5.01. The van der Waals surface area contributed by atoms with Gasteiger partial charge in [-0.3, -0.25) is 0 Å². The van der Waals surface area contributed by atoms with Crippen LogP contribution in [0.25, 0.3) is 0 Å². The van der Waals surface area contributed by atoms with E-state index >= 15 is 0 Å². The molecule has 0 bridgehead atoms. The maximum absolute atomic E-state index is 4.67. The van der Waals surface area contributed by atoms with Gasteiger partial charge in [-0.1, -0.05) is 6.92 Å². The maximum atomic E-state index is 4.67. The minimum absolute atomic E-state index is 0.922. The molecular weight excluding hydrogens is 230 g/mol. The van der Waals surface area contributed by atoms with E-state index < -0.39 is 0 Å². The van der Waals surface area contributed by atoms with Crippen LogP contribution in [-0.2, 0) is 6.54 Å². The van der Waals surface area contributed by atoms with Gasteiger partial charge < -0.3 is 10.2 Å². The lowest BCUT2D eigenvalue weighted by molar-refractivity contribution is 0.678. The van der Waals surface area contributed by atoms with Gasteiger partial charge in [0.05, 0.1) is 5.69 Å². The molecule has 0 unspecified atom stereocenters. The highest BCUT2D eigenvalue weighted by Gasteiger charge is 2.24. The summed E-state index contributed by atoms with van der Waals surface area (Å²) in [4.78, 5) is 8.38. The van der Waals surface area contributed by atoms with Crippen LogP contribution in [0.2, 0.25) is 0 Å². The fourth-order valence-corrected chi connectivity index (χ4v) is 2.89. The molecular formula is C13H23N3S. The van der Waals surface area contributed by atoms with E-state index in [0.717, 1.165) is 19.0 Å². The highest BCUT2D eigenvalue weighted by atomic mass is 32.1. The van der Waals surface area contributed by atoms with Gasteiger partial charge in [-0.2, -0.15) is 0 Å². The molecule has 0 aliphatic heterocycles. The summed E-state index contributed by atoms with van der Waals surface area (Å²) in [5.74, 6) is 0.922. The predicted octanol–water partition coefficient (Wildman–Crippen LogP) is 2.80. The SMILES string of the molecule is CCCNCc1sc(N(C)CC2CC2)nc1C. The lowest BCUT2D eigenvalue weighted by Crippen LogP contribution is -2.19. The van der Waals surface area contributed by atoms with E-state index in [1.807, 2.05) is 11.3 Å². The summed E-state index contributed by atoms with van der Waals surface area (Å²) in [7, 11) is 2.17. The molecule has 2 rings (SSSR count). The van der Waals surface area contributed by atoms with Crippen LogP contribution in [0, 0.1) is 12.8 Å². The van der Waals surface area contributed by atoms with Crippen molar-refractivity contribution in [3.63, 3.8) is 0 Å². The van der Waals surface area contributed by atoms with Crippen molar-refractivity contribution < 1.29 is 0 Å². The Kier molecular flexibility index (Phi) is 4.40. The molecule has 1 aromatic rings. The van der Waals surface area contributed by atoms with Crippen molar-refractivity contribution >= 4 is 16.5 Å².